The first-order chi connectivity index (χ1) is 10.8. The molecule has 3 aliphatic rings. The monoisotopic (exact) mass is 302 g/mol. The van der Waals surface area contributed by atoms with E-state index in [2.05, 4.69) is 22.0 Å². The summed E-state index contributed by atoms with van der Waals surface area (Å²) in [5.74, 6) is 1.54. The molecule has 1 unspecified atom stereocenters. The van der Waals surface area contributed by atoms with E-state index in [1.54, 1.807) is 0 Å². The minimum absolute atomic E-state index is 0.109. The van der Waals surface area contributed by atoms with Gasteiger partial charge in [-0.05, 0) is 49.7 Å². The van der Waals surface area contributed by atoms with Crippen LogP contribution in [0.4, 0.5) is 0 Å². The van der Waals surface area contributed by atoms with Gasteiger partial charge in [0.1, 0.15) is 0 Å². The van der Waals surface area contributed by atoms with Crippen LogP contribution in [-0.2, 0) is 16.0 Å². The van der Waals surface area contributed by atoms with Crippen molar-refractivity contribution in [3.8, 4) is 0 Å². The summed E-state index contributed by atoms with van der Waals surface area (Å²) in [4.78, 5) is 6.87. The Bertz CT molecular complexity index is 483. The molecule has 0 N–H and O–H groups in total. The zero-order valence-electron chi connectivity index (χ0n) is 13.2. The maximum Gasteiger partial charge on any atom is 0.0964 e. The lowest BCUT2D eigenvalue weighted by atomic mass is 9.79. The fourth-order valence-corrected chi connectivity index (χ4v) is 3.85. The third kappa shape index (κ3) is 3.19. The van der Waals surface area contributed by atoms with Gasteiger partial charge in [-0.3, -0.25) is 9.88 Å². The highest BCUT2D eigenvalue weighted by atomic mass is 16.5. The van der Waals surface area contributed by atoms with E-state index in [9.17, 15) is 0 Å². The number of hydrogen-bond acceptors (Lipinski definition) is 4. The standard InChI is InChI=1S/C18H26N2O2/c1-2-8-19-17(3-1)11-20-13-18(14-20)16(7-10-22-18)6-9-21-12-15-4-5-15/h1-3,8,15-16H,4-7,9-14H2. The molecule has 1 atom stereocenters. The lowest BCUT2D eigenvalue weighted by molar-refractivity contribution is -0.139. The van der Waals surface area contributed by atoms with Crippen LogP contribution in [0.2, 0.25) is 0 Å². The van der Waals surface area contributed by atoms with E-state index in [0.29, 0.717) is 5.92 Å². The fourth-order valence-electron chi connectivity index (χ4n) is 3.85. The number of likely N-dealkylation sites (tertiary alicyclic amines) is 1. The van der Waals surface area contributed by atoms with Gasteiger partial charge in [0, 0.05) is 45.7 Å². The number of pyridine rings is 1. The minimum atomic E-state index is 0.109. The summed E-state index contributed by atoms with van der Waals surface area (Å²) in [6.45, 7) is 5.86. The van der Waals surface area contributed by atoms with Crippen LogP contribution in [0.1, 0.15) is 31.4 Å². The molecule has 1 aromatic rings. The molecule has 4 heteroatoms. The van der Waals surface area contributed by atoms with E-state index in [0.717, 1.165) is 57.5 Å². The molecule has 120 valence electrons. The number of nitrogens with zero attached hydrogens (tertiary/aromatic N) is 2. The predicted octanol–water partition coefficient (Wildman–Crippen LogP) is 2.49. The zero-order chi connectivity index (χ0) is 14.8. The normalized spacial score (nSPS) is 27.2. The van der Waals surface area contributed by atoms with Gasteiger partial charge in [0.25, 0.3) is 0 Å². The maximum absolute atomic E-state index is 6.13. The second-order valence-electron chi connectivity index (χ2n) is 7.17. The molecular weight excluding hydrogens is 276 g/mol. The quantitative estimate of drug-likeness (QED) is 0.725. The summed E-state index contributed by atoms with van der Waals surface area (Å²) in [7, 11) is 0. The Hall–Kier alpha value is -0.970. The van der Waals surface area contributed by atoms with Crippen LogP contribution < -0.4 is 0 Å². The molecule has 2 saturated heterocycles. The van der Waals surface area contributed by atoms with E-state index in [1.807, 2.05) is 12.3 Å². The van der Waals surface area contributed by atoms with Gasteiger partial charge in [0.15, 0.2) is 0 Å². The van der Waals surface area contributed by atoms with Gasteiger partial charge in [-0.1, -0.05) is 6.07 Å². The fraction of sp³-hybridized carbons (Fsp3) is 0.722. The van der Waals surface area contributed by atoms with Gasteiger partial charge >= 0.3 is 0 Å². The maximum atomic E-state index is 6.13. The zero-order valence-corrected chi connectivity index (χ0v) is 13.2. The highest BCUT2D eigenvalue weighted by Crippen LogP contribution is 2.42. The van der Waals surface area contributed by atoms with Crippen LogP contribution in [0.25, 0.3) is 0 Å². The Morgan fingerprint density at radius 1 is 1.27 bits per heavy atom. The van der Waals surface area contributed by atoms with E-state index < -0.39 is 0 Å². The molecule has 0 amide bonds. The number of aromatic nitrogens is 1. The summed E-state index contributed by atoms with van der Waals surface area (Å²) < 4.78 is 12.0. The van der Waals surface area contributed by atoms with Crippen molar-refractivity contribution in [2.24, 2.45) is 11.8 Å². The average Bonchev–Trinajstić information content (AvgIpc) is 3.24. The van der Waals surface area contributed by atoms with Crippen LogP contribution in [0.5, 0.6) is 0 Å². The van der Waals surface area contributed by atoms with Gasteiger partial charge in [-0.2, -0.15) is 0 Å². The Kier molecular flexibility index (Phi) is 4.16. The third-order valence-corrected chi connectivity index (χ3v) is 5.36. The summed E-state index contributed by atoms with van der Waals surface area (Å²) in [6.07, 6.45) is 6.98. The van der Waals surface area contributed by atoms with E-state index in [-0.39, 0.29) is 5.60 Å². The van der Waals surface area contributed by atoms with Crippen molar-refractivity contribution in [3.05, 3.63) is 30.1 Å². The van der Waals surface area contributed by atoms with Crippen LogP contribution in [0, 0.1) is 11.8 Å². The van der Waals surface area contributed by atoms with Crippen LogP contribution >= 0.6 is 0 Å². The first-order valence-corrected chi connectivity index (χ1v) is 8.68. The van der Waals surface area contributed by atoms with Gasteiger partial charge in [-0.25, -0.2) is 0 Å². The molecule has 4 nitrogen and oxygen atoms in total. The van der Waals surface area contributed by atoms with Gasteiger partial charge in [0.05, 0.1) is 11.3 Å². The summed E-state index contributed by atoms with van der Waals surface area (Å²) in [5, 5.41) is 0. The van der Waals surface area contributed by atoms with Crippen LogP contribution in [0.3, 0.4) is 0 Å². The molecule has 4 rings (SSSR count). The lowest BCUT2D eigenvalue weighted by Gasteiger charge is -2.50. The summed E-state index contributed by atoms with van der Waals surface area (Å²) >= 11 is 0. The highest BCUT2D eigenvalue weighted by molar-refractivity contribution is 5.09. The second kappa shape index (κ2) is 6.26. The topological polar surface area (TPSA) is 34.6 Å². The molecule has 2 aliphatic heterocycles. The molecule has 3 heterocycles. The van der Waals surface area contributed by atoms with Gasteiger partial charge < -0.3 is 9.47 Å². The number of ether oxygens (including phenoxy) is 2. The SMILES string of the molecule is c1ccc(CN2CC3(C2)OCCC3CCOCC2CC2)nc1. The number of rotatable bonds is 7. The number of hydrogen-bond donors (Lipinski definition) is 0. The molecule has 1 spiro atoms. The second-order valence-corrected chi connectivity index (χ2v) is 7.17. The first-order valence-electron chi connectivity index (χ1n) is 8.68. The van der Waals surface area contributed by atoms with Gasteiger partial charge in [-0.15, -0.1) is 0 Å². The van der Waals surface area contributed by atoms with Crippen LogP contribution in [0.15, 0.2) is 24.4 Å². The smallest absolute Gasteiger partial charge is 0.0964 e. The lowest BCUT2D eigenvalue weighted by Crippen LogP contribution is -2.64. The van der Waals surface area contributed by atoms with Crippen molar-refractivity contribution in [3.63, 3.8) is 0 Å². The van der Waals surface area contributed by atoms with Crippen molar-refractivity contribution < 1.29 is 9.47 Å². The van der Waals surface area contributed by atoms with Crippen LogP contribution in [-0.4, -0.2) is 48.4 Å². The first kappa shape index (κ1) is 14.6. The summed E-state index contributed by atoms with van der Waals surface area (Å²) in [6, 6.07) is 6.13. The molecule has 22 heavy (non-hydrogen) atoms. The van der Waals surface area contributed by atoms with Crippen molar-refractivity contribution >= 4 is 0 Å². The Labute approximate surface area is 132 Å². The molecule has 0 bridgehead atoms. The molecule has 1 saturated carbocycles. The predicted molar refractivity (Wildman–Crippen MR) is 84.5 cm³/mol. The van der Waals surface area contributed by atoms with Gasteiger partial charge in [0.2, 0.25) is 0 Å². The van der Waals surface area contributed by atoms with Crippen molar-refractivity contribution in [2.75, 3.05) is 32.9 Å². The molecule has 1 aromatic heterocycles. The third-order valence-electron chi connectivity index (χ3n) is 5.36. The Morgan fingerprint density at radius 2 is 2.18 bits per heavy atom. The Morgan fingerprint density at radius 3 is 2.95 bits per heavy atom. The molecule has 0 radical (unpaired) electrons. The molecule has 1 aliphatic carbocycles. The van der Waals surface area contributed by atoms with E-state index >= 15 is 0 Å². The minimum Gasteiger partial charge on any atom is -0.381 e. The van der Waals surface area contributed by atoms with E-state index in [4.69, 9.17) is 9.47 Å². The Balaban J connectivity index is 1.23. The highest BCUT2D eigenvalue weighted by Gasteiger charge is 2.52. The molecular formula is C18H26N2O2. The average molecular weight is 302 g/mol. The van der Waals surface area contributed by atoms with E-state index in [1.165, 1.54) is 19.3 Å². The summed E-state index contributed by atoms with van der Waals surface area (Å²) in [5.41, 5.74) is 1.26. The largest absolute Gasteiger partial charge is 0.381 e. The van der Waals surface area contributed by atoms with Crippen molar-refractivity contribution in [1.82, 2.24) is 9.88 Å². The molecule has 0 aromatic carbocycles. The van der Waals surface area contributed by atoms with Crippen molar-refractivity contribution in [1.29, 1.82) is 0 Å². The molecule has 3 fully saturated rings. The van der Waals surface area contributed by atoms with Crippen molar-refractivity contribution in [2.45, 2.75) is 37.8 Å².